The fourth-order valence-electron chi connectivity index (χ4n) is 2.32. The third-order valence-corrected chi connectivity index (χ3v) is 5.18. The maximum Gasteiger partial charge on any atom is 0.335 e. The van der Waals surface area contributed by atoms with Crippen LogP contribution in [-0.2, 0) is 24.1 Å². The maximum atomic E-state index is 12.8. The molecule has 0 aliphatic rings. The van der Waals surface area contributed by atoms with Crippen molar-refractivity contribution in [1.82, 2.24) is 44.7 Å². The SMILES string of the molecule is COc1cc(OC)nc(NC(=O)NS(=O)(=O)c2c(-c3nnn(C)n3)c(Cl)nn2C)n1. The second kappa shape index (κ2) is 8.07. The molecule has 3 aromatic heterocycles. The quantitative estimate of drug-likeness (QED) is 0.489. The number of rotatable bonds is 6. The summed E-state index contributed by atoms with van der Waals surface area (Å²) in [7, 11) is 1.05. The van der Waals surface area contributed by atoms with E-state index in [1.54, 1.807) is 0 Å². The van der Waals surface area contributed by atoms with E-state index in [1.165, 1.54) is 34.4 Å². The molecule has 0 aliphatic carbocycles. The lowest BCUT2D eigenvalue weighted by Crippen LogP contribution is -2.36. The normalized spacial score (nSPS) is 11.2. The Morgan fingerprint density at radius 2 is 1.77 bits per heavy atom. The monoisotopic (exact) mass is 458 g/mol. The largest absolute Gasteiger partial charge is 0.481 e. The minimum Gasteiger partial charge on any atom is -0.481 e. The van der Waals surface area contributed by atoms with Gasteiger partial charge in [0.1, 0.15) is 5.56 Å². The number of hydrogen-bond donors (Lipinski definition) is 2. The van der Waals surface area contributed by atoms with Crippen LogP contribution in [0.15, 0.2) is 11.1 Å². The predicted octanol–water partition coefficient (Wildman–Crippen LogP) is -0.418. The van der Waals surface area contributed by atoms with Crippen LogP contribution >= 0.6 is 11.6 Å². The maximum absolute atomic E-state index is 12.8. The zero-order valence-electron chi connectivity index (χ0n) is 16.0. The van der Waals surface area contributed by atoms with E-state index in [4.69, 9.17) is 21.1 Å². The Labute approximate surface area is 174 Å². The standard InChI is InChI=1S/C13H15ClN10O5S/c1-23-11(8(9(14)19-23)10-18-22-24(2)20-10)30(26,27)21-13(25)17-12-15-6(28-3)5-7(16-12)29-4/h5H,1-4H3,(H2,15,16,17,21,25). The lowest BCUT2D eigenvalue weighted by atomic mass is 10.3. The van der Waals surface area contributed by atoms with Gasteiger partial charge in [-0.2, -0.15) is 28.3 Å². The molecule has 30 heavy (non-hydrogen) atoms. The lowest BCUT2D eigenvalue weighted by Gasteiger charge is -2.10. The minimum absolute atomic E-state index is 0.0859. The van der Waals surface area contributed by atoms with Gasteiger partial charge in [-0.05, 0) is 5.21 Å². The van der Waals surface area contributed by atoms with Crippen molar-refractivity contribution in [2.45, 2.75) is 5.03 Å². The number of halogens is 1. The van der Waals surface area contributed by atoms with Gasteiger partial charge < -0.3 is 9.47 Å². The molecule has 2 amide bonds. The number of sulfonamides is 1. The van der Waals surface area contributed by atoms with E-state index >= 15 is 0 Å². The molecule has 0 radical (unpaired) electrons. The number of urea groups is 1. The van der Waals surface area contributed by atoms with Crippen LogP contribution < -0.4 is 19.5 Å². The molecule has 0 atom stereocenters. The third kappa shape index (κ3) is 4.23. The van der Waals surface area contributed by atoms with Gasteiger partial charge in [-0.3, -0.25) is 10.00 Å². The van der Waals surface area contributed by atoms with Gasteiger partial charge in [-0.25, -0.2) is 9.52 Å². The molecule has 15 nitrogen and oxygen atoms in total. The number of aromatic nitrogens is 8. The molecule has 3 aromatic rings. The van der Waals surface area contributed by atoms with E-state index in [9.17, 15) is 13.2 Å². The van der Waals surface area contributed by atoms with E-state index < -0.39 is 21.1 Å². The van der Waals surface area contributed by atoms with Crippen molar-refractivity contribution >= 4 is 33.6 Å². The van der Waals surface area contributed by atoms with Crippen LogP contribution in [0.4, 0.5) is 10.7 Å². The Morgan fingerprint density at radius 3 is 2.30 bits per heavy atom. The lowest BCUT2D eigenvalue weighted by molar-refractivity contribution is 0.256. The molecule has 3 heterocycles. The van der Waals surface area contributed by atoms with Crippen molar-refractivity contribution in [1.29, 1.82) is 0 Å². The second-order valence-electron chi connectivity index (χ2n) is 5.53. The van der Waals surface area contributed by atoms with Crippen LogP contribution in [0.3, 0.4) is 0 Å². The number of methoxy groups -OCH3 is 2. The Morgan fingerprint density at radius 1 is 1.13 bits per heavy atom. The number of carbonyl (C=O) groups excluding carboxylic acids is 1. The molecular weight excluding hydrogens is 444 g/mol. The molecule has 0 saturated carbocycles. The zero-order valence-corrected chi connectivity index (χ0v) is 17.6. The zero-order chi connectivity index (χ0) is 22.1. The summed E-state index contributed by atoms with van der Waals surface area (Å²) in [6.45, 7) is 0. The van der Waals surface area contributed by atoms with Crippen molar-refractivity contribution in [3.05, 3.63) is 11.2 Å². The van der Waals surface area contributed by atoms with Gasteiger partial charge in [0.05, 0.1) is 27.3 Å². The van der Waals surface area contributed by atoms with Crippen LogP contribution in [0.25, 0.3) is 11.4 Å². The predicted molar refractivity (Wildman–Crippen MR) is 100 cm³/mol. The first kappa shape index (κ1) is 21.2. The Hall–Kier alpha value is -3.53. The van der Waals surface area contributed by atoms with Crippen LogP contribution in [-0.4, -0.2) is 68.6 Å². The summed E-state index contributed by atoms with van der Waals surface area (Å²) in [6, 6.07) is 0.221. The highest BCUT2D eigenvalue weighted by Gasteiger charge is 2.31. The molecule has 0 saturated heterocycles. The van der Waals surface area contributed by atoms with Crippen LogP contribution in [0.1, 0.15) is 0 Å². The summed E-state index contributed by atoms with van der Waals surface area (Å²) >= 11 is 6.04. The van der Waals surface area contributed by atoms with Crippen LogP contribution in [0, 0.1) is 0 Å². The first-order valence-electron chi connectivity index (χ1n) is 7.92. The summed E-state index contributed by atoms with van der Waals surface area (Å²) in [5.74, 6) is -0.154. The molecule has 0 spiro atoms. The Balaban J connectivity index is 1.90. The fraction of sp³-hybridized carbons (Fsp3) is 0.308. The van der Waals surface area contributed by atoms with Gasteiger partial charge in [-0.1, -0.05) is 11.6 Å². The first-order valence-corrected chi connectivity index (χ1v) is 9.78. The molecule has 0 aromatic carbocycles. The molecule has 0 unspecified atom stereocenters. The Bertz CT molecular complexity index is 1180. The highest BCUT2D eigenvalue weighted by Crippen LogP contribution is 2.31. The summed E-state index contributed by atoms with van der Waals surface area (Å²) in [4.78, 5) is 21.2. The summed E-state index contributed by atoms with van der Waals surface area (Å²) < 4.78 is 38.4. The molecule has 0 bridgehead atoms. The van der Waals surface area contributed by atoms with Crippen LogP contribution in [0.2, 0.25) is 5.15 Å². The first-order chi connectivity index (χ1) is 14.1. The summed E-state index contributed by atoms with van der Waals surface area (Å²) in [5, 5.41) is 16.7. The number of amides is 2. The molecular formula is C13H15ClN10O5S. The second-order valence-corrected chi connectivity index (χ2v) is 7.49. The third-order valence-electron chi connectivity index (χ3n) is 3.49. The van der Waals surface area contributed by atoms with E-state index in [0.29, 0.717) is 0 Å². The summed E-state index contributed by atoms with van der Waals surface area (Å²) in [5.41, 5.74) is -0.119. The number of carbonyl (C=O) groups is 1. The molecule has 160 valence electrons. The fourth-order valence-corrected chi connectivity index (χ4v) is 3.90. The number of nitrogens with zero attached hydrogens (tertiary/aromatic N) is 8. The van der Waals surface area contributed by atoms with Crippen molar-refractivity contribution < 1.29 is 22.7 Å². The van der Waals surface area contributed by atoms with Gasteiger partial charge in [0.2, 0.25) is 23.5 Å². The van der Waals surface area contributed by atoms with Crippen molar-refractivity contribution in [3.63, 3.8) is 0 Å². The van der Waals surface area contributed by atoms with Gasteiger partial charge in [-0.15, -0.1) is 10.2 Å². The molecule has 3 rings (SSSR count). The van der Waals surface area contributed by atoms with Gasteiger partial charge in [0.15, 0.2) is 10.2 Å². The Kier molecular flexibility index (Phi) is 5.70. The number of nitrogens with one attached hydrogen (secondary N) is 2. The molecule has 0 fully saturated rings. The summed E-state index contributed by atoms with van der Waals surface area (Å²) in [6.07, 6.45) is 0. The average molecular weight is 459 g/mol. The van der Waals surface area contributed by atoms with Crippen molar-refractivity contribution in [2.24, 2.45) is 14.1 Å². The molecule has 2 N–H and O–H groups in total. The average Bonchev–Trinajstić information content (AvgIpc) is 3.22. The van der Waals surface area contributed by atoms with Gasteiger partial charge in [0.25, 0.3) is 10.0 Å². The van der Waals surface area contributed by atoms with Crippen molar-refractivity contribution in [2.75, 3.05) is 19.5 Å². The van der Waals surface area contributed by atoms with Gasteiger partial charge >= 0.3 is 6.03 Å². The van der Waals surface area contributed by atoms with E-state index in [2.05, 4.69) is 35.8 Å². The molecule has 17 heteroatoms. The molecule has 0 aliphatic heterocycles. The smallest absolute Gasteiger partial charge is 0.335 e. The highest BCUT2D eigenvalue weighted by molar-refractivity contribution is 7.90. The number of tetrazole rings is 1. The number of ether oxygens (including phenoxy) is 2. The van der Waals surface area contributed by atoms with E-state index in [1.807, 2.05) is 4.72 Å². The van der Waals surface area contributed by atoms with Crippen LogP contribution in [0.5, 0.6) is 11.8 Å². The van der Waals surface area contributed by atoms with Crippen molar-refractivity contribution in [3.8, 4) is 23.1 Å². The highest BCUT2D eigenvalue weighted by atomic mass is 35.5. The number of hydrogen-bond acceptors (Lipinski definition) is 11. The van der Waals surface area contributed by atoms with Gasteiger partial charge in [0, 0.05) is 7.05 Å². The topological polar surface area (TPSA) is 181 Å². The van der Waals surface area contributed by atoms with E-state index in [0.717, 1.165) is 9.48 Å². The minimum atomic E-state index is -4.47. The number of anilines is 1. The van der Waals surface area contributed by atoms with E-state index in [-0.39, 0.29) is 34.2 Å². The number of aryl methyl sites for hydroxylation is 2.